The summed E-state index contributed by atoms with van der Waals surface area (Å²) in [6, 6.07) is 6.93. The first kappa shape index (κ1) is 14.5. The molecular formula is C15H16O4S. The average Bonchev–Trinajstić information content (AvgIpc) is 3.08. The summed E-state index contributed by atoms with van der Waals surface area (Å²) in [6.07, 6.45) is 1.27. The van der Waals surface area contributed by atoms with Crippen molar-refractivity contribution in [2.75, 3.05) is 6.61 Å². The molecule has 0 aliphatic heterocycles. The highest BCUT2D eigenvalue weighted by Crippen LogP contribution is 2.30. The van der Waals surface area contributed by atoms with Gasteiger partial charge in [-0.15, -0.1) is 11.3 Å². The van der Waals surface area contributed by atoms with Crippen LogP contribution in [-0.4, -0.2) is 18.4 Å². The highest BCUT2D eigenvalue weighted by Gasteiger charge is 2.15. The number of Topliss-reactive ketones (excluding diaryl/α,β-unsaturated/α-hetero) is 1. The van der Waals surface area contributed by atoms with Crippen LogP contribution < -0.4 is 0 Å². The van der Waals surface area contributed by atoms with E-state index in [1.54, 1.807) is 31.2 Å². The van der Waals surface area contributed by atoms with Gasteiger partial charge in [0.25, 0.3) is 0 Å². The zero-order chi connectivity index (χ0) is 14.5. The maximum absolute atomic E-state index is 11.7. The van der Waals surface area contributed by atoms with Crippen LogP contribution in [0.3, 0.4) is 0 Å². The van der Waals surface area contributed by atoms with E-state index in [0.29, 0.717) is 29.4 Å². The van der Waals surface area contributed by atoms with E-state index in [1.807, 2.05) is 6.92 Å². The van der Waals surface area contributed by atoms with Crippen molar-refractivity contribution in [1.29, 1.82) is 0 Å². The fourth-order valence-corrected chi connectivity index (χ4v) is 2.61. The number of furan rings is 1. The molecule has 0 aliphatic rings. The summed E-state index contributed by atoms with van der Waals surface area (Å²) in [5.41, 5.74) is 0. The van der Waals surface area contributed by atoms with Crippen LogP contribution in [0.2, 0.25) is 0 Å². The average molecular weight is 292 g/mol. The number of hydrogen-bond donors (Lipinski definition) is 0. The van der Waals surface area contributed by atoms with E-state index in [1.165, 1.54) is 11.3 Å². The van der Waals surface area contributed by atoms with Crippen molar-refractivity contribution in [1.82, 2.24) is 0 Å². The summed E-state index contributed by atoms with van der Waals surface area (Å²) in [6.45, 7) is 4.07. The van der Waals surface area contributed by atoms with Gasteiger partial charge in [-0.1, -0.05) is 6.92 Å². The minimum atomic E-state index is -0.336. The molecule has 2 aromatic heterocycles. The molecule has 5 heteroatoms. The number of esters is 1. The van der Waals surface area contributed by atoms with E-state index >= 15 is 0 Å². The fourth-order valence-electron chi connectivity index (χ4n) is 1.75. The zero-order valence-corrected chi connectivity index (χ0v) is 12.3. The summed E-state index contributed by atoms with van der Waals surface area (Å²) in [4.78, 5) is 24.7. The van der Waals surface area contributed by atoms with Crippen LogP contribution in [0, 0.1) is 0 Å². The van der Waals surface area contributed by atoms with Crippen LogP contribution >= 0.6 is 11.3 Å². The van der Waals surface area contributed by atoms with Crippen LogP contribution in [0.25, 0.3) is 10.6 Å². The second kappa shape index (κ2) is 6.52. The lowest BCUT2D eigenvalue weighted by molar-refractivity contribution is 0.0532. The number of carbonyl (C=O) groups is 2. The lowest BCUT2D eigenvalue weighted by atomic mass is 10.2. The molecule has 2 heterocycles. The maximum atomic E-state index is 11.7. The smallest absolute Gasteiger partial charge is 0.348 e. The van der Waals surface area contributed by atoms with Crippen molar-refractivity contribution in [2.45, 2.75) is 26.7 Å². The molecule has 0 saturated carbocycles. The molecule has 0 aromatic carbocycles. The van der Waals surface area contributed by atoms with Gasteiger partial charge in [-0.2, -0.15) is 0 Å². The molecule has 0 radical (unpaired) electrons. The van der Waals surface area contributed by atoms with Gasteiger partial charge in [0.15, 0.2) is 11.5 Å². The molecule has 106 valence electrons. The molecule has 0 bridgehead atoms. The quantitative estimate of drug-likeness (QED) is 0.592. The van der Waals surface area contributed by atoms with Crippen LogP contribution in [0.4, 0.5) is 0 Å². The second-order valence-corrected chi connectivity index (χ2v) is 5.31. The molecule has 0 saturated heterocycles. The molecule has 0 unspecified atom stereocenters. The first-order chi connectivity index (χ1) is 9.65. The van der Waals surface area contributed by atoms with Crippen LogP contribution in [-0.2, 0) is 4.74 Å². The topological polar surface area (TPSA) is 56.5 Å². The van der Waals surface area contributed by atoms with Gasteiger partial charge in [0.2, 0.25) is 0 Å². The second-order valence-electron chi connectivity index (χ2n) is 4.22. The Morgan fingerprint density at radius 2 is 2.00 bits per heavy atom. The molecule has 20 heavy (non-hydrogen) atoms. The van der Waals surface area contributed by atoms with E-state index in [4.69, 9.17) is 9.15 Å². The molecule has 0 spiro atoms. The molecule has 0 N–H and O–H groups in total. The van der Waals surface area contributed by atoms with Crippen LogP contribution in [0.5, 0.6) is 0 Å². The summed E-state index contributed by atoms with van der Waals surface area (Å²) >= 11 is 1.29. The van der Waals surface area contributed by atoms with Gasteiger partial charge in [0.1, 0.15) is 10.6 Å². The fraction of sp³-hybridized carbons (Fsp3) is 0.333. The number of carbonyl (C=O) groups excluding carboxylic acids is 2. The maximum Gasteiger partial charge on any atom is 0.348 e. The molecule has 2 rings (SSSR count). The molecule has 4 nitrogen and oxygen atoms in total. The minimum Gasteiger partial charge on any atom is -0.462 e. The number of rotatable bonds is 6. The van der Waals surface area contributed by atoms with E-state index in [9.17, 15) is 9.59 Å². The normalized spacial score (nSPS) is 10.5. The Morgan fingerprint density at radius 3 is 2.70 bits per heavy atom. The summed E-state index contributed by atoms with van der Waals surface area (Å²) in [5.74, 6) is 0.636. The van der Waals surface area contributed by atoms with Crippen molar-refractivity contribution < 1.29 is 18.7 Å². The lowest BCUT2D eigenvalue weighted by Crippen LogP contribution is -2.01. The predicted molar refractivity (Wildman–Crippen MR) is 77.2 cm³/mol. The number of ketones is 1. The number of hydrogen-bond acceptors (Lipinski definition) is 5. The van der Waals surface area contributed by atoms with E-state index in [-0.39, 0.29) is 11.8 Å². The summed E-state index contributed by atoms with van der Waals surface area (Å²) in [7, 11) is 0. The standard InChI is InChI=1S/C15H16O4S/c1-3-5-10(16)11-6-7-12(19-11)13-8-9-14(20-13)15(17)18-4-2/h6-9H,3-5H2,1-2H3. The van der Waals surface area contributed by atoms with Crippen LogP contribution in [0.1, 0.15) is 46.9 Å². The van der Waals surface area contributed by atoms with Crippen molar-refractivity contribution in [3.63, 3.8) is 0 Å². The molecular weight excluding hydrogens is 276 g/mol. The third-order valence-corrected chi connectivity index (χ3v) is 3.76. The Labute approximate surface area is 121 Å². The number of ether oxygens (including phenoxy) is 1. The monoisotopic (exact) mass is 292 g/mol. The van der Waals surface area contributed by atoms with Gasteiger partial charge in [0, 0.05) is 6.42 Å². The number of thiophene rings is 1. The predicted octanol–water partition coefficient (Wildman–Crippen LogP) is 4.17. The van der Waals surface area contributed by atoms with Crippen molar-refractivity contribution in [2.24, 2.45) is 0 Å². The van der Waals surface area contributed by atoms with Crippen LogP contribution in [0.15, 0.2) is 28.7 Å². The first-order valence-corrected chi connectivity index (χ1v) is 7.37. The molecule has 0 aliphatic carbocycles. The van der Waals surface area contributed by atoms with E-state index in [0.717, 1.165) is 11.3 Å². The van der Waals surface area contributed by atoms with Crippen molar-refractivity contribution >= 4 is 23.1 Å². The Kier molecular flexibility index (Phi) is 4.74. The van der Waals surface area contributed by atoms with Gasteiger partial charge >= 0.3 is 5.97 Å². The molecule has 0 fully saturated rings. The van der Waals surface area contributed by atoms with E-state index < -0.39 is 0 Å². The van der Waals surface area contributed by atoms with Gasteiger partial charge in [-0.05, 0) is 37.6 Å². The van der Waals surface area contributed by atoms with Crippen molar-refractivity contribution in [3.8, 4) is 10.6 Å². The van der Waals surface area contributed by atoms with Gasteiger partial charge < -0.3 is 9.15 Å². The SMILES string of the molecule is CCCC(=O)c1ccc(-c2ccc(C(=O)OCC)s2)o1. The highest BCUT2D eigenvalue weighted by molar-refractivity contribution is 7.17. The molecule has 2 aromatic rings. The van der Waals surface area contributed by atoms with Gasteiger partial charge in [0.05, 0.1) is 11.5 Å². The Balaban J connectivity index is 2.16. The third kappa shape index (κ3) is 3.17. The largest absolute Gasteiger partial charge is 0.462 e. The van der Waals surface area contributed by atoms with Crippen molar-refractivity contribution in [3.05, 3.63) is 34.9 Å². The molecule has 0 atom stereocenters. The van der Waals surface area contributed by atoms with Gasteiger partial charge in [-0.25, -0.2) is 4.79 Å². The Morgan fingerprint density at radius 1 is 1.20 bits per heavy atom. The minimum absolute atomic E-state index is 0.000854. The first-order valence-electron chi connectivity index (χ1n) is 6.56. The van der Waals surface area contributed by atoms with Gasteiger partial charge in [-0.3, -0.25) is 4.79 Å². The third-order valence-electron chi connectivity index (χ3n) is 2.68. The lowest BCUT2D eigenvalue weighted by Gasteiger charge is -1.96. The summed E-state index contributed by atoms with van der Waals surface area (Å²) < 4.78 is 10.5. The van der Waals surface area contributed by atoms with E-state index in [2.05, 4.69) is 0 Å². The Bertz CT molecular complexity index is 555. The molecule has 0 amide bonds. The zero-order valence-electron chi connectivity index (χ0n) is 11.5. The Hall–Kier alpha value is -1.88. The summed E-state index contributed by atoms with van der Waals surface area (Å²) in [5, 5.41) is 0. The highest BCUT2D eigenvalue weighted by atomic mass is 32.1.